The minimum atomic E-state index is 1.21. The second-order valence-corrected chi connectivity index (χ2v) is 8.64. The van der Waals surface area contributed by atoms with E-state index in [1.54, 1.807) is 0 Å². The van der Waals surface area contributed by atoms with E-state index in [-0.39, 0.29) is 0 Å². The van der Waals surface area contributed by atoms with Gasteiger partial charge in [0.05, 0.1) is 0 Å². The van der Waals surface area contributed by atoms with Crippen molar-refractivity contribution in [1.82, 2.24) is 5.32 Å². The molecule has 0 saturated carbocycles. The maximum atomic E-state index is 3.54. The molecule has 1 heteroatoms. The summed E-state index contributed by atoms with van der Waals surface area (Å²) in [6, 6.07) is 10.9. The Balaban J connectivity index is 1.67. The van der Waals surface area contributed by atoms with Crippen LogP contribution < -0.4 is 5.32 Å². The molecule has 0 saturated heterocycles. The summed E-state index contributed by atoms with van der Waals surface area (Å²) >= 11 is 0. The van der Waals surface area contributed by atoms with Crippen LogP contribution in [0.15, 0.2) is 30.3 Å². The summed E-state index contributed by atoms with van der Waals surface area (Å²) in [5, 5.41) is 3.54. The summed E-state index contributed by atoms with van der Waals surface area (Å²) in [5.41, 5.74) is 1.50. The number of hydrogen-bond donors (Lipinski definition) is 1. The van der Waals surface area contributed by atoms with Gasteiger partial charge in [0, 0.05) is 0 Å². The van der Waals surface area contributed by atoms with Gasteiger partial charge in [-0.25, -0.2) is 0 Å². The number of aryl methyl sites for hydroxylation is 1. The Morgan fingerprint density at radius 1 is 0.500 bits per heavy atom. The van der Waals surface area contributed by atoms with Crippen LogP contribution in [0.25, 0.3) is 0 Å². The molecule has 0 bridgehead atoms. The third-order valence-electron chi connectivity index (χ3n) is 5.87. The van der Waals surface area contributed by atoms with E-state index in [2.05, 4.69) is 42.6 Å². The van der Waals surface area contributed by atoms with Crippen molar-refractivity contribution in [2.24, 2.45) is 0 Å². The average Bonchev–Trinajstić information content (AvgIpc) is 2.73. The fourth-order valence-electron chi connectivity index (χ4n) is 3.95. The van der Waals surface area contributed by atoms with Crippen molar-refractivity contribution >= 4 is 0 Å². The zero-order valence-corrected chi connectivity index (χ0v) is 19.0. The maximum Gasteiger partial charge on any atom is -0.00489 e. The van der Waals surface area contributed by atoms with Gasteiger partial charge in [-0.3, -0.25) is 0 Å². The second-order valence-electron chi connectivity index (χ2n) is 8.64. The van der Waals surface area contributed by atoms with Crippen LogP contribution in [0.5, 0.6) is 0 Å². The van der Waals surface area contributed by atoms with Gasteiger partial charge < -0.3 is 5.32 Å². The minimum absolute atomic E-state index is 1.21. The third-order valence-corrected chi connectivity index (χ3v) is 5.87. The molecule has 28 heavy (non-hydrogen) atoms. The summed E-state index contributed by atoms with van der Waals surface area (Å²) in [6.45, 7) is 4.70. The molecule has 1 rings (SSSR count). The topological polar surface area (TPSA) is 12.0 Å². The zero-order chi connectivity index (χ0) is 20.0. The number of hydrogen-bond acceptors (Lipinski definition) is 1. The highest BCUT2D eigenvalue weighted by molar-refractivity contribution is 5.14. The van der Waals surface area contributed by atoms with Crippen LogP contribution in [0.3, 0.4) is 0 Å². The van der Waals surface area contributed by atoms with Crippen molar-refractivity contribution in [2.45, 2.75) is 122 Å². The zero-order valence-electron chi connectivity index (χ0n) is 19.0. The van der Waals surface area contributed by atoms with Crippen molar-refractivity contribution in [2.75, 3.05) is 13.1 Å². The van der Waals surface area contributed by atoms with Gasteiger partial charge >= 0.3 is 0 Å². The standard InChI is InChI=1S/C27H49N/c1-2-3-25-28-26-21-16-14-12-10-8-6-4-5-7-9-11-13-15-18-22-27-23-19-17-20-24-27/h17,19-20,23-24,28H,2-16,18,21-22,25-26H2,1H3. The molecule has 0 aromatic heterocycles. The fraction of sp³-hybridized carbons (Fsp3) is 0.778. The number of rotatable bonds is 21. The van der Waals surface area contributed by atoms with E-state index in [1.165, 1.54) is 134 Å². The number of nitrogens with one attached hydrogen (secondary N) is 1. The third kappa shape index (κ3) is 17.3. The molecule has 0 atom stereocenters. The lowest BCUT2D eigenvalue weighted by molar-refractivity contribution is 0.524. The minimum Gasteiger partial charge on any atom is -0.317 e. The molecule has 0 aliphatic heterocycles. The first-order valence-corrected chi connectivity index (χ1v) is 12.7. The van der Waals surface area contributed by atoms with E-state index in [9.17, 15) is 0 Å². The quantitative estimate of drug-likeness (QED) is 0.209. The molecule has 0 spiro atoms. The lowest BCUT2D eigenvalue weighted by atomic mass is 10.0. The van der Waals surface area contributed by atoms with Gasteiger partial charge in [0.2, 0.25) is 0 Å². The Morgan fingerprint density at radius 2 is 0.929 bits per heavy atom. The molecule has 0 radical (unpaired) electrons. The van der Waals surface area contributed by atoms with Gasteiger partial charge in [0.15, 0.2) is 0 Å². The predicted molar refractivity (Wildman–Crippen MR) is 127 cm³/mol. The van der Waals surface area contributed by atoms with Crippen LogP contribution in [-0.4, -0.2) is 13.1 Å². The normalized spacial score (nSPS) is 11.2. The Kier molecular flexibility index (Phi) is 18.8. The summed E-state index contributed by atoms with van der Waals surface area (Å²) < 4.78 is 0. The van der Waals surface area contributed by atoms with Gasteiger partial charge in [0.1, 0.15) is 0 Å². The monoisotopic (exact) mass is 387 g/mol. The van der Waals surface area contributed by atoms with E-state index in [0.29, 0.717) is 0 Å². The van der Waals surface area contributed by atoms with Gasteiger partial charge in [-0.15, -0.1) is 0 Å². The van der Waals surface area contributed by atoms with E-state index in [1.807, 2.05) is 0 Å². The first-order valence-electron chi connectivity index (χ1n) is 12.7. The van der Waals surface area contributed by atoms with Gasteiger partial charge in [-0.2, -0.15) is 0 Å². The van der Waals surface area contributed by atoms with Gasteiger partial charge in [0.25, 0.3) is 0 Å². The Labute approximate surface area is 177 Å². The lowest BCUT2D eigenvalue weighted by Crippen LogP contribution is -2.16. The summed E-state index contributed by atoms with van der Waals surface area (Å²) in [6.07, 6.45) is 25.5. The smallest absolute Gasteiger partial charge is 0.00489 e. The van der Waals surface area contributed by atoms with Crippen molar-refractivity contribution in [3.63, 3.8) is 0 Å². The van der Waals surface area contributed by atoms with E-state index in [0.717, 1.165) is 0 Å². The summed E-state index contributed by atoms with van der Waals surface area (Å²) in [4.78, 5) is 0. The van der Waals surface area contributed by atoms with Gasteiger partial charge in [-0.05, 0) is 44.3 Å². The van der Waals surface area contributed by atoms with Crippen LogP contribution in [0.1, 0.15) is 122 Å². The lowest BCUT2D eigenvalue weighted by Gasteiger charge is -2.05. The second kappa shape index (κ2) is 20.9. The molecule has 1 nitrogen and oxygen atoms in total. The molecule has 162 valence electrons. The highest BCUT2D eigenvalue weighted by atomic mass is 14.8. The molecular formula is C27H49N. The highest BCUT2D eigenvalue weighted by Gasteiger charge is 1.96. The summed E-state index contributed by atoms with van der Waals surface area (Å²) in [5.74, 6) is 0. The largest absolute Gasteiger partial charge is 0.317 e. The number of benzene rings is 1. The van der Waals surface area contributed by atoms with Crippen LogP contribution in [0.2, 0.25) is 0 Å². The van der Waals surface area contributed by atoms with Crippen LogP contribution in [0.4, 0.5) is 0 Å². The van der Waals surface area contributed by atoms with Crippen molar-refractivity contribution < 1.29 is 0 Å². The fourth-order valence-corrected chi connectivity index (χ4v) is 3.95. The van der Waals surface area contributed by atoms with Crippen molar-refractivity contribution in [3.05, 3.63) is 35.9 Å². The van der Waals surface area contributed by atoms with Crippen molar-refractivity contribution in [1.29, 1.82) is 0 Å². The van der Waals surface area contributed by atoms with Crippen LogP contribution in [-0.2, 0) is 6.42 Å². The molecule has 0 amide bonds. The van der Waals surface area contributed by atoms with Crippen molar-refractivity contribution in [3.8, 4) is 0 Å². The Bertz CT molecular complexity index is 400. The van der Waals surface area contributed by atoms with Gasteiger partial charge in [-0.1, -0.05) is 127 Å². The first-order chi connectivity index (χ1) is 13.9. The SMILES string of the molecule is CCCCNCCCCCCCCCCCCCCCCCc1ccccc1. The average molecular weight is 388 g/mol. The number of unbranched alkanes of at least 4 members (excludes halogenated alkanes) is 15. The molecular weight excluding hydrogens is 338 g/mol. The molecule has 0 aliphatic rings. The molecule has 1 aromatic rings. The Morgan fingerprint density at radius 3 is 1.43 bits per heavy atom. The highest BCUT2D eigenvalue weighted by Crippen LogP contribution is 2.14. The molecule has 0 heterocycles. The maximum absolute atomic E-state index is 3.54. The molecule has 0 aliphatic carbocycles. The molecule has 1 N–H and O–H groups in total. The first kappa shape index (κ1) is 25.2. The molecule has 1 aromatic carbocycles. The Hall–Kier alpha value is -0.820. The van der Waals surface area contributed by atoms with E-state index < -0.39 is 0 Å². The summed E-state index contributed by atoms with van der Waals surface area (Å²) in [7, 11) is 0. The van der Waals surface area contributed by atoms with E-state index in [4.69, 9.17) is 0 Å². The van der Waals surface area contributed by atoms with E-state index >= 15 is 0 Å². The van der Waals surface area contributed by atoms with Crippen LogP contribution in [0, 0.1) is 0 Å². The molecule has 0 fully saturated rings. The van der Waals surface area contributed by atoms with Crippen LogP contribution >= 0.6 is 0 Å². The molecule has 0 unspecified atom stereocenters. The predicted octanol–water partition coefficient (Wildman–Crippen LogP) is 8.47.